The predicted octanol–water partition coefficient (Wildman–Crippen LogP) is 4.76. The second-order valence-electron chi connectivity index (χ2n) is 4.00. The molecule has 0 saturated heterocycles. The minimum atomic E-state index is -0.574. The maximum absolute atomic E-state index is 12.2. The van der Waals surface area contributed by atoms with Crippen LogP contribution >= 0.6 is 45.8 Å². The highest BCUT2D eigenvalue weighted by Crippen LogP contribution is 2.26. The minimum Gasteiger partial charge on any atom is -0.321 e. The third-order valence-electron chi connectivity index (χ3n) is 2.59. The van der Waals surface area contributed by atoms with E-state index in [1.165, 1.54) is 12.1 Å². The van der Waals surface area contributed by atoms with Crippen molar-refractivity contribution in [3.05, 3.63) is 65.7 Å². The zero-order chi connectivity index (χ0) is 15.6. The fourth-order valence-electron chi connectivity index (χ4n) is 1.58. The summed E-state index contributed by atoms with van der Waals surface area (Å²) in [6.07, 6.45) is 0. The van der Waals surface area contributed by atoms with Crippen LogP contribution in [-0.4, -0.2) is 10.8 Å². The number of benzene rings is 2. The number of hydrogen-bond donors (Lipinski definition) is 1. The van der Waals surface area contributed by atoms with E-state index in [0.717, 1.165) is 9.64 Å². The van der Waals surface area contributed by atoms with Gasteiger partial charge in [0.05, 0.1) is 21.2 Å². The van der Waals surface area contributed by atoms with E-state index in [1.807, 2.05) is 22.6 Å². The summed E-state index contributed by atoms with van der Waals surface area (Å²) in [5.41, 5.74) is 0.574. The van der Waals surface area contributed by atoms with Crippen LogP contribution in [0.15, 0.2) is 36.4 Å². The lowest BCUT2D eigenvalue weighted by molar-refractivity contribution is -0.384. The van der Waals surface area contributed by atoms with Crippen molar-refractivity contribution in [1.29, 1.82) is 0 Å². The van der Waals surface area contributed by atoms with Crippen LogP contribution in [0, 0.1) is 13.7 Å². The van der Waals surface area contributed by atoms with Crippen LogP contribution in [0.3, 0.4) is 0 Å². The highest BCUT2D eigenvalue weighted by atomic mass is 127. The normalized spacial score (nSPS) is 10.2. The van der Waals surface area contributed by atoms with Gasteiger partial charge in [-0.15, -0.1) is 0 Å². The second-order valence-corrected chi connectivity index (χ2v) is 6.01. The van der Waals surface area contributed by atoms with Crippen LogP contribution < -0.4 is 5.32 Å². The van der Waals surface area contributed by atoms with E-state index >= 15 is 0 Å². The lowest BCUT2D eigenvalue weighted by atomic mass is 10.2. The van der Waals surface area contributed by atoms with E-state index in [4.69, 9.17) is 23.2 Å². The lowest BCUT2D eigenvalue weighted by Crippen LogP contribution is -2.13. The summed E-state index contributed by atoms with van der Waals surface area (Å²) in [6, 6.07) is 8.71. The van der Waals surface area contributed by atoms with Crippen LogP contribution in [0.25, 0.3) is 0 Å². The van der Waals surface area contributed by atoms with Crippen LogP contribution in [0.2, 0.25) is 10.0 Å². The number of carbonyl (C=O) groups excluding carboxylic acids is 1. The Morgan fingerprint density at radius 3 is 2.48 bits per heavy atom. The summed E-state index contributed by atoms with van der Waals surface area (Å²) in [6.45, 7) is 0. The van der Waals surface area contributed by atoms with Gasteiger partial charge >= 0.3 is 0 Å². The Kier molecular flexibility index (Phi) is 5.02. The molecule has 0 aliphatic carbocycles. The Morgan fingerprint density at radius 2 is 1.90 bits per heavy atom. The summed E-state index contributed by atoms with van der Waals surface area (Å²) in [4.78, 5) is 22.2. The molecule has 0 fully saturated rings. The van der Waals surface area contributed by atoms with Gasteiger partial charge in [-0.2, -0.15) is 0 Å². The average molecular weight is 437 g/mol. The van der Waals surface area contributed by atoms with Crippen LogP contribution in [0.1, 0.15) is 10.4 Å². The topological polar surface area (TPSA) is 72.2 Å². The van der Waals surface area contributed by atoms with Gasteiger partial charge in [0, 0.05) is 20.7 Å². The van der Waals surface area contributed by atoms with Gasteiger partial charge in [-0.1, -0.05) is 23.2 Å². The molecule has 8 heteroatoms. The molecule has 0 atom stereocenters. The summed E-state index contributed by atoms with van der Waals surface area (Å²) in [7, 11) is 0. The molecule has 2 aromatic carbocycles. The highest BCUT2D eigenvalue weighted by Gasteiger charge is 2.15. The average Bonchev–Trinajstić information content (AvgIpc) is 2.41. The molecule has 0 aliphatic heterocycles. The fraction of sp³-hybridized carbons (Fsp3) is 0. The van der Waals surface area contributed by atoms with E-state index in [1.54, 1.807) is 18.2 Å². The van der Waals surface area contributed by atoms with E-state index in [-0.39, 0.29) is 16.3 Å². The zero-order valence-corrected chi connectivity index (χ0v) is 13.9. The van der Waals surface area contributed by atoms with Crippen LogP contribution in [0.5, 0.6) is 0 Å². The number of carbonyl (C=O) groups is 1. The lowest BCUT2D eigenvalue weighted by Gasteiger charge is -2.08. The maximum atomic E-state index is 12.2. The minimum absolute atomic E-state index is 0.0191. The van der Waals surface area contributed by atoms with Crippen LogP contribution in [-0.2, 0) is 0 Å². The monoisotopic (exact) mass is 436 g/mol. The van der Waals surface area contributed by atoms with Crippen molar-refractivity contribution in [2.24, 2.45) is 0 Å². The number of non-ortho nitro benzene ring substituents is 1. The number of rotatable bonds is 3. The molecule has 0 heterocycles. The van der Waals surface area contributed by atoms with Crippen molar-refractivity contribution in [2.45, 2.75) is 0 Å². The Labute approximate surface area is 143 Å². The maximum Gasteiger partial charge on any atom is 0.270 e. The summed E-state index contributed by atoms with van der Waals surface area (Å²) >= 11 is 13.8. The van der Waals surface area contributed by atoms with Gasteiger partial charge in [-0.25, -0.2) is 0 Å². The Morgan fingerprint density at radius 1 is 1.19 bits per heavy atom. The molecule has 108 valence electrons. The van der Waals surface area contributed by atoms with E-state index < -0.39 is 10.8 Å². The number of anilines is 1. The van der Waals surface area contributed by atoms with Gasteiger partial charge in [0.1, 0.15) is 0 Å². The smallest absolute Gasteiger partial charge is 0.270 e. The summed E-state index contributed by atoms with van der Waals surface area (Å²) in [5.74, 6) is -0.449. The molecule has 2 aromatic rings. The first kappa shape index (κ1) is 16.0. The number of nitrogens with one attached hydrogen (secondary N) is 1. The van der Waals surface area contributed by atoms with Gasteiger partial charge in [0.25, 0.3) is 11.6 Å². The first-order chi connectivity index (χ1) is 9.88. The number of hydrogen-bond acceptors (Lipinski definition) is 3. The predicted molar refractivity (Wildman–Crippen MR) is 90.2 cm³/mol. The molecule has 0 radical (unpaired) electrons. The van der Waals surface area contributed by atoms with Gasteiger partial charge in [-0.3, -0.25) is 14.9 Å². The van der Waals surface area contributed by atoms with Gasteiger partial charge in [0.15, 0.2) is 0 Å². The van der Waals surface area contributed by atoms with Crippen molar-refractivity contribution < 1.29 is 9.72 Å². The Hall–Kier alpha value is -1.38. The molecule has 0 bridgehead atoms. The van der Waals surface area contributed by atoms with Gasteiger partial charge in [0.2, 0.25) is 0 Å². The fourth-order valence-corrected chi connectivity index (χ4v) is 2.85. The number of nitro groups is 1. The number of amides is 1. The molecule has 2 rings (SSSR count). The summed E-state index contributed by atoms with van der Waals surface area (Å²) in [5, 5.41) is 13.9. The first-order valence-electron chi connectivity index (χ1n) is 5.59. The molecule has 0 spiro atoms. The largest absolute Gasteiger partial charge is 0.321 e. The SMILES string of the molecule is O=C(Nc1ccc(Cl)cc1I)c1ccc([N+](=O)[O-])cc1Cl. The number of nitrogens with zero attached hydrogens (tertiary/aromatic N) is 1. The molecular weight excluding hydrogens is 430 g/mol. The van der Waals surface area contributed by atoms with Crippen LogP contribution in [0.4, 0.5) is 11.4 Å². The quantitative estimate of drug-likeness (QED) is 0.428. The van der Waals surface area contributed by atoms with Crippen molar-refractivity contribution in [3.63, 3.8) is 0 Å². The standard InChI is InChI=1S/C13H7Cl2IN2O3/c14-7-1-4-12(11(16)5-7)17-13(19)9-3-2-8(18(20)21)6-10(9)15/h1-6H,(H,17,19). The molecule has 1 amide bonds. The van der Waals surface area contributed by atoms with Crippen molar-refractivity contribution >= 4 is 63.1 Å². The molecule has 0 unspecified atom stereocenters. The Balaban J connectivity index is 2.26. The molecular formula is C13H7Cl2IN2O3. The first-order valence-corrected chi connectivity index (χ1v) is 7.42. The second kappa shape index (κ2) is 6.59. The van der Waals surface area contributed by atoms with E-state index in [9.17, 15) is 14.9 Å². The third-order valence-corrected chi connectivity index (χ3v) is 4.03. The summed E-state index contributed by atoms with van der Waals surface area (Å²) < 4.78 is 0.770. The zero-order valence-electron chi connectivity index (χ0n) is 10.3. The number of nitro benzene ring substituents is 1. The molecule has 0 aliphatic rings. The van der Waals surface area contributed by atoms with E-state index in [2.05, 4.69) is 5.32 Å². The van der Waals surface area contributed by atoms with Crippen molar-refractivity contribution in [3.8, 4) is 0 Å². The number of halogens is 3. The molecule has 0 aromatic heterocycles. The molecule has 1 N–H and O–H groups in total. The van der Waals surface area contributed by atoms with Crippen molar-refractivity contribution in [1.82, 2.24) is 0 Å². The van der Waals surface area contributed by atoms with Crippen molar-refractivity contribution in [2.75, 3.05) is 5.32 Å². The molecule has 21 heavy (non-hydrogen) atoms. The van der Waals surface area contributed by atoms with Gasteiger partial charge < -0.3 is 5.32 Å². The highest BCUT2D eigenvalue weighted by molar-refractivity contribution is 14.1. The molecule has 0 saturated carbocycles. The van der Waals surface area contributed by atoms with E-state index in [0.29, 0.717) is 10.7 Å². The molecule has 5 nitrogen and oxygen atoms in total. The van der Waals surface area contributed by atoms with Gasteiger partial charge in [-0.05, 0) is 46.9 Å². The third kappa shape index (κ3) is 3.84. The Bertz CT molecular complexity index is 737.